The van der Waals surface area contributed by atoms with E-state index >= 15 is 0 Å². The number of allylic oxidation sites excluding steroid dienone is 1. The summed E-state index contributed by atoms with van der Waals surface area (Å²) in [6, 6.07) is 6.85. The molecule has 0 atom stereocenters. The first-order chi connectivity index (χ1) is 11.9. The Morgan fingerprint density at radius 2 is 1.92 bits per heavy atom. The highest BCUT2D eigenvalue weighted by atomic mass is 79.9. The topological polar surface area (TPSA) is 75.7 Å². The monoisotopic (exact) mass is 422 g/mol. The van der Waals surface area contributed by atoms with Gasteiger partial charge in [-0.25, -0.2) is 13.8 Å². The molecule has 3 N–H and O–H groups in total. The predicted molar refractivity (Wildman–Crippen MR) is 98.4 cm³/mol. The van der Waals surface area contributed by atoms with E-state index in [0.29, 0.717) is 22.8 Å². The van der Waals surface area contributed by atoms with Crippen molar-refractivity contribution in [2.75, 3.05) is 0 Å². The molecule has 0 saturated heterocycles. The molecule has 0 fully saturated rings. The van der Waals surface area contributed by atoms with E-state index < -0.39 is 11.6 Å². The Labute approximate surface area is 155 Å². The van der Waals surface area contributed by atoms with Crippen LogP contribution in [0.5, 0.6) is 0 Å². The van der Waals surface area contributed by atoms with E-state index in [1.54, 1.807) is 24.4 Å². The van der Waals surface area contributed by atoms with E-state index in [0.717, 1.165) is 16.8 Å². The summed E-state index contributed by atoms with van der Waals surface area (Å²) in [5, 5.41) is 7.38. The second kappa shape index (κ2) is 6.85. The minimum Gasteiger partial charge on any atom is -0.398 e. The van der Waals surface area contributed by atoms with E-state index in [9.17, 15) is 8.78 Å². The predicted octanol–water partition coefficient (Wildman–Crippen LogP) is 4.80. The van der Waals surface area contributed by atoms with Crippen LogP contribution < -0.4 is 5.73 Å². The van der Waals surface area contributed by atoms with Crippen molar-refractivity contribution in [3.05, 3.63) is 68.9 Å². The molecule has 8 heteroatoms. The summed E-state index contributed by atoms with van der Waals surface area (Å²) < 4.78 is 28.2. The van der Waals surface area contributed by atoms with Crippen LogP contribution in [0.15, 0.2) is 41.0 Å². The minimum absolute atomic E-state index is 0.0656. The summed E-state index contributed by atoms with van der Waals surface area (Å²) in [4.78, 5) is 8.62. The molecule has 4 nitrogen and oxygen atoms in total. The fourth-order valence-electron chi connectivity index (χ4n) is 2.30. The third kappa shape index (κ3) is 3.38. The Bertz CT molecular complexity index is 1040. The molecule has 126 valence electrons. The fraction of sp³-hybridized carbons (Fsp3) is 0. The highest BCUT2D eigenvalue weighted by Crippen LogP contribution is 2.27. The number of fused-ring (bicyclic) bond motifs is 1. The van der Waals surface area contributed by atoms with Gasteiger partial charge in [0.2, 0.25) is 0 Å². The van der Waals surface area contributed by atoms with Crippen LogP contribution in [0.25, 0.3) is 22.3 Å². The molecule has 3 rings (SSSR count). The van der Waals surface area contributed by atoms with Crippen LogP contribution in [0, 0.1) is 17.0 Å². The number of aromatic nitrogens is 2. The molecule has 0 aliphatic carbocycles. The first kappa shape index (κ1) is 17.4. The van der Waals surface area contributed by atoms with Gasteiger partial charge in [0.25, 0.3) is 0 Å². The van der Waals surface area contributed by atoms with Crippen LogP contribution >= 0.6 is 27.5 Å². The van der Waals surface area contributed by atoms with Gasteiger partial charge in [0.05, 0.1) is 27.4 Å². The summed E-state index contributed by atoms with van der Waals surface area (Å²) in [6.07, 6.45) is 2.60. The Kier molecular flexibility index (Phi) is 4.78. The maximum Gasteiger partial charge on any atom is 0.144 e. The van der Waals surface area contributed by atoms with Crippen molar-refractivity contribution < 1.29 is 8.78 Å². The van der Waals surface area contributed by atoms with Crippen LogP contribution in [0.2, 0.25) is 5.02 Å². The normalized spacial score (nSPS) is 12.2. The Balaban J connectivity index is 2.20. The summed E-state index contributed by atoms with van der Waals surface area (Å²) in [5.74, 6) is -1.75. The lowest BCUT2D eigenvalue weighted by Gasteiger charge is -2.10. The van der Waals surface area contributed by atoms with Gasteiger partial charge in [-0.3, -0.25) is 4.98 Å². The summed E-state index contributed by atoms with van der Waals surface area (Å²) >= 11 is 9.03. The largest absolute Gasteiger partial charge is 0.398 e. The second-order valence-electron chi connectivity index (χ2n) is 5.11. The van der Waals surface area contributed by atoms with E-state index in [1.807, 2.05) is 0 Å². The van der Waals surface area contributed by atoms with Gasteiger partial charge < -0.3 is 11.1 Å². The summed E-state index contributed by atoms with van der Waals surface area (Å²) in [6.45, 7) is 0. The van der Waals surface area contributed by atoms with E-state index in [1.165, 1.54) is 0 Å². The molecule has 0 saturated carbocycles. The molecule has 0 aliphatic rings. The first-order valence-corrected chi connectivity index (χ1v) is 8.15. The third-order valence-corrected chi connectivity index (χ3v) is 4.24. The standard InChI is InChI=1S/C17H10BrClF2N4/c18-8-3-16-15(24-7-8)2-1-14(25-16)10(6-22)17(23)9-4-11(19)13(21)5-12(9)20/h1-7,22H,23H2/b17-10+,22-6?. The molecule has 1 aromatic carbocycles. The molecule has 0 spiro atoms. The second-order valence-corrected chi connectivity index (χ2v) is 6.43. The molecule has 2 aromatic heterocycles. The molecule has 2 heterocycles. The number of nitrogens with zero attached hydrogens (tertiary/aromatic N) is 2. The zero-order chi connectivity index (χ0) is 18.1. The van der Waals surface area contributed by atoms with Crippen molar-refractivity contribution in [2.24, 2.45) is 5.73 Å². The molecule has 0 unspecified atom stereocenters. The smallest absolute Gasteiger partial charge is 0.144 e. The molecular weight excluding hydrogens is 414 g/mol. The SMILES string of the molecule is N=C/C(=C(\N)c1cc(Cl)c(F)cc1F)c1ccc2ncc(Br)cc2n1. The lowest BCUT2D eigenvalue weighted by molar-refractivity contribution is 0.581. The number of hydrogen-bond acceptors (Lipinski definition) is 4. The quantitative estimate of drug-likeness (QED) is 0.469. The van der Waals surface area contributed by atoms with Crippen LogP contribution in [0.3, 0.4) is 0 Å². The number of nitrogens with two attached hydrogens (primary N) is 1. The molecule has 0 bridgehead atoms. The highest BCUT2D eigenvalue weighted by Gasteiger charge is 2.15. The average Bonchev–Trinajstić information content (AvgIpc) is 2.58. The highest BCUT2D eigenvalue weighted by molar-refractivity contribution is 9.10. The number of hydrogen-bond donors (Lipinski definition) is 2. The fourth-order valence-corrected chi connectivity index (χ4v) is 2.78. The van der Waals surface area contributed by atoms with E-state index in [2.05, 4.69) is 25.9 Å². The van der Waals surface area contributed by atoms with Gasteiger partial charge >= 0.3 is 0 Å². The number of halogens is 4. The number of benzene rings is 1. The Morgan fingerprint density at radius 1 is 1.16 bits per heavy atom. The van der Waals surface area contributed by atoms with Crippen molar-refractivity contribution in [1.82, 2.24) is 9.97 Å². The third-order valence-electron chi connectivity index (χ3n) is 3.51. The lowest BCUT2D eigenvalue weighted by Crippen LogP contribution is -2.06. The average molecular weight is 424 g/mol. The maximum atomic E-state index is 14.1. The summed E-state index contributed by atoms with van der Waals surface area (Å²) in [7, 11) is 0. The maximum absolute atomic E-state index is 14.1. The number of pyridine rings is 2. The van der Waals surface area contributed by atoms with Crippen molar-refractivity contribution in [3.63, 3.8) is 0 Å². The van der Waals surface area contributed by atoms with Crippen LogP contribution in [-0.4, -0.2) is 16.2 Å². The van der Waals surface area contributed by atoms with E-state index in [-0.39, 0.29) is 21.9 Å². The molecular formula is C17H10BrClF2N4. The van der Waals surface area contributed by atoms with Gasteiger partial charge in [-0.05, 0) is 40.2 Å². The van der Waals surface area contributed by atoms with Gasteiger partial charge in [-0.1, -0.05) is 11.6 Å². The number of rotatable bonds is 3. The van der Waals surface area contributed by atoms with Gasteiger partial charge in [-0.15, -0.1) is 0 Å². The van der Waals surface area contributed by atoms with Crippen LogP contribution in [0.4, 0.5) is 8.78 Å². The van der Waals surface area contributed by atoms with Crippen molar-refractivity contribution >= 4 is 56.0 Å². The van der Waals surface area contributed by atoms with Crippen LogP contribution in [0.1, 0.15) is 11.3 Å². The van der Waals surface area contributed by atoms with Gasteiger partial charge in [-0.2, -0.15) is 0 Å². The van der Waals surface area contributed by atoms with Gasteiger partial charge in [0.15, 0.2) is 0 Å². The van der Waals surface area contributed by atoms with Crippen LogP contribution in [-0.2, 0) is 0 Å². The molecule has 3 aromatic rings. The zero-order valence-corrected chi connectivity index (χ0v) is 14.9. The van der Waals surface area contributed by atoms with E-state index in [4.69, 9.17) is 22.7 Å². The van der Waals surface area contributed by atoms with Gasteiger partial charge in [0.1, 0.15) is 11.6 Å². The first-order valence-electron chi connectivity index (χ1n) is 6.98. The van der Waals surface area contributed by atoms with Gasteiger partial charge in [0, 0.05) is 34.1 Å². The summed E-state index contributed by atoms with van der Waals surface area (Å²) in [5.41, 5.74) is 7.64. The molecule has 0 aliphatic heterocycles. The molecule has 0 amide bonds. The molecule has 0 radical (unpaired) electrons. The molecule has 25 heavy (non-hydrogen) atoms. The van der Waals surface area contributed by atoms with Crippen molar-refractivity contribution in [3.8, 4) is 0 Å². The van der Waals surface area contributed by atoms with Crippen molar-refractivity contribution in [2.45, 2.75) is 0 Å². The Hall–Kier alpha value is -2.38. The lowest BCUT2D eigenvalue weighted by atomic mass is 10.0. The zero-order valence-electron chi connectivity index (χ0n) is 12.5. The minimum atomic E-state index is -0.883. The van der Waals surface area contributed by atoms with Crippen molar-refractivity contribution in [1.29, 1.82) is 5.41 Å². The Morgan fingerprint density at radius 3 is 2.64 bits per heavy atom. The number of nitrogens with one attached hydrogen (secondary N) is 1.